The van der Waals surface area contributed by atoms with Gasteiger partial charge in [-0.05, 0) is 66.8 Å². The third-order valence-electron chi connectivity index (χ3n) is 5.42. The zero-order valence-electron chi connectivity index (χ0n) is 21.0. The Morgan fingerprint density at radius 2 is 1.69 bits per heavy atom. The van der Waals surface area contributed by atoms with Crippen molar-refractivity contribution in [1.29, 1.82) is 0 Å². The highest BCUT2D eigenvalue weighted by molar-refractivity contribution is 7.99. The molecule has 0 saturated carbocycles. The molecule has 0 bridgehead atoms. The molecule has 0 radical (unpaired) electrons. The topological polar surface area (TPSA) is 84.9 Å². The third kappa shape index (κ3) is 8.20. The number of methoxy groups -OCH3 is 2. The highest BCUT2D eigenvalue weighted by atomic mass is 35.5. The average Bonchev–Trinajstić information content (AvgIpc) is 2.91. The zero-order chi connectivity index (χ0) is 28.6. The molecule has 3 rings (SSSR count). The zero-order valence-corrected chi connectivity index (χ0v) is 23.4. The van der Waals surface area contributed by atoms with Crippen LogP contribution < -0.4 is 19.1 Å². The van der Waals surface area contributed by atoms with Crippen molar-refractivity contribution in [3.05, 3.63) is 77.3 Å². The first-order valence-electron chi connectivity index (χ1n) is 11.5. The van der Waals surface area contributed by atoms with Gasteiger partial charge in [0.2, 0.25) is 5.91 Å². The van der Waals surface area contributed by atoms with E-state index in [4.69, 9.17) is 21.1 Å². The summed E-state index contributed by atoms with van der Waals surface area (Å²) in [5, 5.41) is 3.27. The lowest BCUT2D eigenvalue weighted by molar-refractivity contribution is -0.137. The van der Waals surface area contributed by atoms with Crippen LogP contribution in [0.25, 0.3) is 0 Å². The lowest BCUT2D eigenvalue weighted by Crippen LogP contribution is -2.41. The van der Waals surface area contributed by atoms with Crippen molar-refractivity contribution in [3.63, 3.8) is 0 Å². The number of benzene rings is 3. The summed E-state index contributed by atoms with van der Waals surface area (Å²) >= 11 is 7.43. The Kier molecular flexibility index (Phi) is 10.4. The molecule has 0 unspecified atom stereocenters. The number of amides is 1. The van der Waals surface area contributed by atoms with Gasteiger partial charge in [-0.3, -0.25) is 9.10 Å². The van der Waals surface area contributed by atoms with Gasteiger partial charge in [-0.15, -0.1) is 11.8 Å². The first-order chi connectivity index (χ1) is 18.5. The standard InChI is InChI=1S/C26H26ClF3N2O5S2/c1-36-23-12-11-22(16-24(23)37-2)39(34,35)32(20-6-3-5-18(15-20)26(28,29)30)17-25(33)31-13-4-14-38-21-9-7-19(27)8-10-21/h3,5-12,15-16H,4,13-14,17H2,1-2H3,(H,31,33). The van der Waals surface area contributed by atoms with Gasteiger partial charge in [-0.25, -0.2) is 8.42 Å². The van der Waals surface area contributed by atoms with E-state index in [1.54, 1.807) is 23.9 Å². The first-order valence-corrected chi connectivity index (χ1v) is 14.3. The summed E-state index contributed by atoms with van der Waals surface area (Å²) in [7, 11) is -1.80. The lowest BCUT2D eigenvalue weighted by Gasteiger charge is -2.25. The average molecular weight is 603 g/mol. The molecular formula is C26H26ClF3N2O5S2. The molecule has 0 aliphatic heterocycles. The largest absolute Gasteiger partial charge is 0.493 e. The molecule has 1 amide bonds. The SMILES string of the molecule is COc1ccc(S(=O)(=O)N(CC(=O)NCCCSc2ccc(Cl)cc2)c2cccc(C(F)(F)F)c2)cc1OC. The minimum atomic E-state index is -4.71. The molecule has 1 N–H and O–H groups in total. The lowest BCUT2D eigenvalue weighted by atomic mass is 10.2. The summed E-state index contributed by atoms with van der Waals surface area (Å²) in [6.45, 7) is -0.491. The molecule has 210 valence electrons. The fourth-order valence-electron chi connectivity index (χ4n) is 3.46. The van der Waals surface area contributed by atoms with Crippen LogP contribution in [0.4, 0.5) is 18.9 Å². The molecule has 0 spiro atoms. The number of hydrogen-bond donors (Lipinski definition) is 1. The van der Waals surface area contributed by atoms with Crippen molar-refractivity contribution < 1.29 is 35.9 Å². The Labute approximate surface area is 234 Å². The van der Waals surface area contributed by atoms with Crippen LogP contribution in [-0.2, 0) is 21.0 Å². The van der Waals surface area contributed by atoms with Gasteiger partial charge in [-0.1, -0.05) is 17.7 Å². The monoisotopic (exact) mass is 602 g/mol. The van der Waals surface area contributed by atoms with E-state index < -0.39 is 34.2 Å². The van der Waals surface area contributed by atoms with Gasteiger partial charge in [0.25, 0.3) is 10.0 Å². The van der Waals surface area contributed by atoms with E-state index in [-0.39, 0.29) is 28.6 Å². The second kappa shape index (κ2) is 13.3. The smallest absolute Gasteiger partial charge is 0.416 e. The van der Waals surface area contributed by atoms with E-state index in [1.165, 1.54) is 38.5 Å². The number of hydrogen-bond acceptors (Lipinski definition) is 6. The predicted octanol–water partition coefficient (Wildman–Crippen LogP) is 5.87. The number of carbonyl (C=O) groups is 1. The number of ether oxygens (including phenoxy) is 2. The Bertz CT molecular complexity index is 1390. The molecule has 0 aromatic heterocycles. The second-order valence-electron chi connectivity index (χ2n) is 8.08. The quantitative estimate of drug-likeness (QED) is 0.206. The number of nitrogens with zero attached hydrogens (tertiary/aromatic N) is 1. The number of sulfonamides is 1. The number of anilines is 1. The predicted molar refractivity (Wildman–Crippen MR) is 145 cm³/mol. The minimum absolute atomic E-state index is 0.102. The van der Waals surface area contributed by atoms with Crippen molar-refractivity contribution >= 4 is 45.0 Å². The van der Waals surface area contributed by atoms with E-state index in [0.29, 0.717) is 27.6 Å². The van der Waals surface area contributed by atoms with Gasteiger partial charge in [-0.2, -0.15) is 13.2 Å². The fraction of sp³-hybridized carbons (Fsp3) is 0.269. The summed E-state index contributed by atoms with van der Waals surface area (Å²) in [6.07, 6.45) is -4.14. The maximum Gasteiger partial charge on any atom is 0.416 e. The van der Waals surface area contributed by atoms with Crippen LogP contribution in [0.1, 0.15) is 12.0 Å². The molecular weight excluding hydrogens is 577 g/mol. The number of halogens is 4. The maximum absolute atomic E-state index is 13.6. The Hall–Kier alpha value is -3.09. The van der Waals surface area contributed by atoms with Crippen LogP contribution in [0, 0.1) is 0 Å². The van der Waals surface area contributed by atoms with Crippen LogP contribution >= 0.6 is 23.4 Å². The molecule has 0 saturated heterocycles. The van der Waals surface area contributed by atoms with E-state index in [2.05, 4.69) is 5.32 Å². The van der Waals surface area contributed by atoms with Gasteiger partial charge in [0.1, 0.15) is 6.54 Å². The van der Waals surface area contributed by atoms with Crippen molar-refractivity contribution in [1.82, 2.24) is 5.32 Å². The van der Waals surface area contributed by atoms with Crippen molar-refractivity contribution in [2.75, 3.05) is 37.4 Å². The van der Waals surface area contributed by atoms with Crippen LogP contribution in [-0.4, -0.2) is 47.4 Å². The second-order valence-corrected chi connectivity index (χ2v) is 11.5. The van der Waals surface area contributed by atoms with Crippen LogP contribution in [0.5, 0.6) is 11.5 Å². The third-order valence-corrected chi connectivity index (χ3v) is 8.54. The maximum atomic E-state index is 13.6. The van der Waals surface area contributed by atoms with Gasteiger partial charge in [0.05, 0.1) is 30.4 Å². The van der Waals surface area contributed by atoms with Gasteiger partial charge >= 0.3 is 6.18 Å². The van der Waals surface area contributed by atoms with Gasteiger partial charge in [0.15, 0.2) is 11.5 Å². The molecule has 0 heterocycles. The van der Waals surface area contributed by atoms with Crippen LogP contribution in [0.15, 0.2) is 76.5 Å². The Balaban J connectivity index is 1.79. The molecule has 3 aromatic rings. The summed E-state index contributed by atoms with van der Waals surface area (Å²) in [6, 6.07) is 14.8. The van der Waals surface area contributed by atoms with Crippen LogP contribution in [0.2, 0.25) is 5.02 Å². The number of alkyl halides is 3. The summed E-state index contributed by atoms with van der Waals surface area (Å²) in [4.78, 5) is 13.5. The molecule has 13 heteroatoms. The van der Waals surface area contributed by atoms with Crippen molar-refractivity contribution in [2.45, 2.75) is 22.4 Å². The van der Waals surface area contributed by atoms with E-state index >= 15 is 0 Å². The summed E-state index contributed by atoms with van der Waals surface area (Å²) in [5.74, 6) is 0.359. The Morgan fingerprint density at radius 1 is 1.00 bits per heavy atom. The first kappa shape index (κ1) is 30.5. The highest BCUT2D eigenvalue weighted by Gasteiger charge is 2.33. The number of carbonyl (C=O) groups excluding carboxylic acids is 1. The van der Waals surface area contributed by atoms with Crippen molar-refractivity contribution in [2.24, 2.45) is 0 Å². The van der Waals surface area contributed by atoms with Gasteiger partial charge in [0, 0.05) is 22.5 Å². The fourth-order valence-corrected chi connectivity index (χ4v) is 5.87. The number of thioether (sulfide) groups is 1. The van der Waals surface area contributed by atoms with E-state index in [9.17, 15) is 26.4 Å². The van der Waals surface area contributed by atoms with E-state index in [0.717, 1.165) is 17.0 Å². The minimum Gasteiger partial charge on any atom is -0.493 e. The molecule has 7 nitrogen and oxygen atoms in total. The number of nitrogens with one attached hydrogen (secondary N) is 1. The summed E-state index contributed by atoms with van der Waals surface area (Å²) < 4.78 is 78.3. The normalized spacial score (nSPS) is 11.6. The van der Waals surface area contributed by atoms with Gasteiger partial charge < -0.3 is 14.8 Å². The highest BCUT2D eigenvalue weighted by Crippen LogP contribution is 2.35. The molecule has 0 aliphatic carbocycles. The number of rotatable bonds is 12. The molecule has 0 atom stereocenters. The molecule has 0 aliphatic rings. The van der Waals surface area contributed by atoms with Crippen LogP contribution in [0.3, 0.4) is 0 Å². The van der Waals surface area contributed by atoms with Crippen molar-refractivity contribution in [3.8, 4) is 11.5 Å². The molecule has 0 fully saturated rings. The molecule has 3 aromatic carbocycles. The summed E-state index contributed by atoms with van der Waals surface area (Å²) in [5.41, 5.74) is -1.36. The Morgan fingerprint density at radius 3 is 2.33 bits per heavy atom. The molecule has 39 heavy (non-hydrogen) atoms. The van der Waals surface area contributed by atoms with E-state index in [1.807, 2.05) is 12.1 Å².